The van der Waals surface area contributed by atoms with E-state index in [1.807, 2.05) is 37.3 Å². The first-order valence-corrected chi connectivity index (χ1v) is 12.0. The number of aliphatic carboxylic acids is 1. The highest BCUT2D eigenvalue weighted by atomic mass is 127. The standard InChI is InChI=1S/C27H26INO6/c1-18-11-14-20(15-12-18)29-27(33)35-26(22-17-19(28)13-16-23(22)30)24(9-5-6-10-25(31)32)34-21-7-3-2-4-8-21/h2-4,6-8,10-17,24,26,30H,5,9H2,1H3,(H,29,33)(H,31,32)/b10-6+/t24-,26-/m0/s1. The molecule has 0 bridgehead atoms. The quantitative estimate of drug-likeness (QED) is 0.186. The molecule has 1 amide bonds. The Morgan fingerprint density at radius 2 is 1.77 bits per heavy atom. The molecule has 0 heterocycles. The van der Waals surface area contributed by atoms with Gasteiger partial charge in [-0.25, -0.2) is 9.59 Å². The first-order valence-electron chi connectivity index (χ1n) is 11.0. The van der Waals surface area contributed by atoms with E-state index in [9.17, 15) is 14.7 Å². The Balaban J connectivity index is 1.92. The third kappa shape index (κ3) is 8.32. The molecule has 0 aliphatic rings. The normalized spacial score (nSPS) is 12.6. The average Bonchev–Trinajstić information content (AvgIpc) is 2.83. The second kappa shape index (κ2) is 12.8. The molecule has 0 fully saturated rings. The molecular weight excluding hydrogens is 561 g/mol. The van der Waals surface area contributed by atoms with E-state index in [1.165, 1.54) is 12.1 Å². The van der Waals surface area contributed by atoms with Crippen LogP contribution in [0.1, 0.15) is 30.1 Å². The van der Waals surface area contributed by atoms with E-state index in [4.69, 9.17) is 14.6 Å². The zero-order chi connectivity index (χ0) is 25.2. The van der Waals surface area contributed by atoms with Crippen molar-refractivity contribution in [2.24, 2.45) is 0 Å². The number of hydrogen-bond acceptors (Lipinski definition) is 5. The summed E-state index contributed by atoms with van der Waals surface area (Å²) in [6, 6.07) is 21.3. The number of carbonyl (C=O) groups excluding carboxylic acids is 1. The summed E-state index contributed by atoms with van der Waals surface area (Å²) in [6.07, 6.45) is 0.849. The van der Waals surface area contributed by atoms with Crippen LogP contribution in [0.15, 0.2) is 84.9 Å². The highest BCUT2D eigenvalue weighted by Gasteiger charge is 2.31. The van der Waals surface area contributed by atoms with Crippen molar-refractivity contribution < 1.29 is 29.3 Å². The Morgan fingerprint density at radius 1 is 1.06 bits per heavy atom. The highest BCUT2D eigenvalue weighted by molar-refractivity contribution is 14.1. The fourth-order valence-corrected chi connectivity index (χ4v) is 3.90. The van der Waals surface area contributed by atoms with Crippen LogP contribution in [0.4, 0.5) is 10.5 Å². The molecule has 0 radical (unpaired) electrons. The molecule has 182 valence electrons. The number of carboxylic acid groups (broad SMARTS) is 1. The van der Waals surface area contributed by atoms with E-state index in [2.05, 4.69) is 27.9 Å². The number of benzene rings is 3. The van der Waals surface area contributed by atoms with Crippen molar-refractivity contribution in [3.63, 3.8) is 0 Å². The van der Waals surface area contributed by atoms with Gasteiger partial charge in [-0.05, 0) is 84.8 Å². The molecule has 0 aliphatic heterocycles. The number of carboxylic acids is 1. The summed E-state index contributed by atoms with van der Waals surface area (Å²) in [5.41, 5.74) is 2.01. The van der Waals surface area contributed by atoms with Gasteiger partial charge in [-0.2, -0.15) is 0 Å². The van der Waals surface area contributed by atoms with Gasteiger partial charge in [0.15, 0.2) is 6.10 Å². The Hall–Kier alpha value is -3.53. The minimum atomic E-state index is -1.05. The molecule has 3 aromatic rings. The molecule has 3 N–H and O–H groups in total. The number of ether oxygens (including phenoxy) is 2. The van der Waals surface area contributed by atoms with Crippen LogP contribution in [-0.2, 0) is 9.53 Å². The van der Waals surface area contributed by atoms with Crippen LogP contribution < -0.4 is 10.1 Å². The molecule has 3 aromatic carbocycles. The maximum absolute atomic E-state index is 12.9. The third-order valence-electron chi connectivity index (χ3n) is 5.07. The van der Waals surface area contributed by atoms with Crippen LogP contribution in [0.2, 0.25) is 0 Å². The van der Waals surface area contributed by atoms with Crippen LogP contribution >= 0.6 is 22.6 Å². The number of rotatable bonds is 10. The predicted molar refractivity (Wildman–Crippen MR) is 142 cm³/mol. The molecule has 0 spiro atoms. The Bertz CT molecular complexity index is 1160. The van der Waals surface area contributed by atoms with Gasteiger partial charge in [-0.1, -0.05) is 42.0 Å². The van der Waals surface area contributed by atoms with Gasteiger partial charge in [0.05, 0.1) is 0 Å². The SMILES string of the molecule is Cc1ccc(NC(=O)O[C@@H](c2cc(I)ccc2O)[C@H](CC/C=C/C(=O)O)Oc2ccccc2)cc1. The van der Waals surface area contributed by atoms with Gasteiger partial charge < -0.3 is 19.7 Å². The van der Waals surface area contributed by atoms with Crippen molar-refractivity contribution in [2.45, 2.75) is 32.0 Å². The molecule has 8 heteroatoms. The van der Waals surface area contributed by atoms with Crippen LogP contribution in [-0.4, -0.2) is 28.4 Å². The first-order chi connectivity index (χ1) is 16.8. The third-order valence-corrected chi connectivity index (χ3v) is 5.75. The van der Waals surface area contributed by atoms with Crippen molar-refractivity contribution in [1.82, 2.24) is 0 Å². The summed E-state index contributed by atoms with van der Waals surface area (Å²) in [6.45, 7) is 1.95. The van der Waals surface area contributed by atoms with E-state index >= 15 is 0 Å². The maximum atomic E-state index is 12.9. The summed E-state index contributed by atoms with van der Waals surface area (Å²) in [7, 11) is 0. The minimum Gasteiger partial charge on any atom is -0.508 e. The van der Waals surface area contributed by atoms with E-state index in [-0.39, 0.29) is 5.75 Å². The van der Waals surface area contributed by atoms with Crippen molar-refractivity contribution in [3.05, 3.63) is 99.6 Å². The number of para-hydroxylation sites is 1. The predicted octanol–water partition coefficient (Wildman–Crippen LogP) is 6.46. The van der Waals surface area contributed by atoms with Crippen molar-refractivity contribution in [3.8, 4) is 11.5 Å². The lowest BCUT2D eigenvalue weighted by molar-refractivity contribution is -0.131. The van der Waals surface area contributed by atoms with Crippen molar-refractivity contribution in [1.29, 1.82) is 0 Å². The smallest absolute Gasteiger partial charge is 0.412 e. The highest BCUT2D eigenvalue weighted by Crippen LogP contribution is 2.35. The summed E-state index contributed by atoms with van der Waals surface area (Å²) in [4.78, 5) is 23.8. The fourth-order valence-electron chi connectivity index (χ4n) is 3.38. The molecule has 0 aromatic heterocycles. The molecule has 35 heavy (non-hydrogen) atoms. The number of aromatic hydroxyl groups is 1. The maximum Gasteiger partial charge on any atom is 0.412 e. The molecule has 0 aliphatic carbocycles. The molecule has 0 saturated heterocycles. The number of halogens is 1. The van der Waals surface area contributed by atoms with Crippen LogP contribution in [0.3, 0.4) is 0 Å². The summed E-state index contributed by atoms with van der Waals surface area (Å²) in [5.74, 6) is -0.537. The van der Waals surface area contributed by atoms with Crippen molar-refractivity contribution in [2.75, 3.05) is 5.32 Å². The second-order valence-corrected chi connectivity index (χ2v) is 9.05. The topological polar surface area (TPSA) is 105 Å². The Kier molecular flexibility index (Phi) is 9.54. The van der Waals surface area contributed by atoms with E-state index in [1.54, 1.807) is 36.4 Å². The minimum absolute atomic E-state index is 0.0405. The van der Waals surface area contributed by atoms with Gasteiger partial charge in [0.2, 0.25) is 0 Å². The lowest BCUT2D eigenvalue weighted by Gasteiger charge is -2.28. The number of carbonyl (C=O) groups is 2. The van der Waals surface area contributed by atoms with Crippen LogP contribution in [0.25, 0.3) is 0 Å². The van der Waals surface area contributed by atoms with E-state index in [0.29, 0.717) is 29.8 Å². The van der Waals surface area contributed by atoms with E-state index < -0.39 is 24.3 Å². The number of amides is 1. The Morgan fingerprint density at radius 3 is 2.46 bits per heavy atom. The zero-order valence-electron chi connectivity index (χ0n) is 19.1. The number of hydrogen-bond donors (Lipinski definition) is 3. The summed E-state index contributed by atoms with van der Waals surface area (Å²) < 4.78 is 12.9. The number of nitrogens with one attached hydrogen (secondary N) is 1. The lowest BCUT2D eigenvalue weighted by Crippen LogP contribution is -2.31. The Labute approximate surface area is 217 Å². The van der Waals surface area contributed by atoms with Gasteiger partial charge in [0.1, 0.15) is 17.6 Å². The van der Waals surface area contributed by atoms with Gasteiger partial charge in [-0.15, -0.1) is 0 Å². The molecule has 7 nitrogen and oxygen atoms in total. The van der Waals surface area contributed by atoms with Crippen LogP contribution in [0, 0.1) is 10.5 Å². The number of aryl methyl sites for hydroxylation is 1. The largest absolute Gasteiger partial charge is 0.508 e. The van der Waals surface area contributed by atoms with Gasteiger partial charge in [-0.3, -0.25) is 5.32 Å². The second-order valence-electron chi connectivity index (χ2n) is 7.81. The average molecular weight is 587 g/mol. The van der Waals surface area contributed by atoms with Gasteiger partial charge in [0.25, 0.3) is 0 Å². The monoisotopic (exact) mass is 587 g/mol. The molecule has 3 rings (SSSR count). The fraction of sp³-hybridized carbons (Fsp3) is 0.185. The molecule has 2 atom stereocenters. The summed E-state index contributed by atoms with van der Waals surface area (Å²) in [5, 5.41) is 22.3. The summed E-state index contributed by atoms with van der Waals surface area (Å²) >= 11 is 2.12. The zero-order valence-corrected chi connectivity index (χ0v) is 21.2. The van der Waals surface area contributed by atoms with Gasteiger partial charge in [0, 0.05) is 20.9 Å². The molecular formula is C27H26INO6. The molecule has 0 saturated carbocycles. The number of phenolic OH excluding ortho intramolecular Hbond substituents is 1. The molecule has 0 unspecified atom stereocenters. The number of phenols is 1. The van der Waals surface area contributed by atoms with Crippen molar-refractivity contribution >= 4 is 40.3 Å². The van der Waals surface area contributed by atoms with Crippen LogP contribution in [0.5, 0.6) is 11.5 Å². The number of allylic oxidation sites excluding steroid dienone is 1. The lowest BCUT2D eigenvalue weighted by atomic mass is 9.99. The van der Waals surface area contributed by atoms with Gasteiger partial charge >= 0.3 is 12.1 Å². The number of anilines is 1. The first kappa shape index (κ1) is 26.1. The van der Waals surface area contributed by atoms with E-state index in [0.717, 1.165) is 15.2 Å².